The van der Waals surface area contributed by atoms with Crippen LogP contribution in [0.5, 0.6) is 0 Å². The molecule has 3 nitrogen and oxygen atoms in total. The maximum absolute atomic E-state index is 13.8. The molecule has 0 aliphatic heterocycles. The van der Waals surface area contributed by atoms with E-state index < -0.39 is 17.7 Å². The highest BCUT2D eigenvalue weighted by Crippen LogP contribution is 2.25. The van der Waals surface area contributed by atoms with Gasteiger partial charge in [0.05, 0.1) is 11.7 Å². The van der Waals surface area contributed by atoms with Gasteiger partial charge in [0.1, 0.15) is 18.0 Å². The summed E-state index contributed by atoms with van der Waals surface area (Å²) >= 11 is 0. The molecule has 1 aromatic heterocycles. The third kappa shape index (κ3) is 2.51. The van der Waals surface area contributed by atoms with Gasteiger partial charge in [0.15, 0.2) is 0 Å². The summed E-state index contributed by atoms with van der Waals surface area (Å²) in [6.45, 7) is 2.44. The second kappa shape index (κ2) is 5.64. The predicted octanol–water partition coefficient (Wildman–Crippen LogP) is 2.45. The number of nitrogens with zero attached hydrogens (tertiary/aromatic N) is 2. The largest absolute Gasteiger partial charge is 0.305 e. The first-order valence-electron chi connectivity index (χ1n) is 5.67. The highest BCUT2D eigenvalue weighted by molar-refractivity contribution is 5.29. The fourth-order valence-electron chi connectivity index (χ4n) is 1.82. The van der Waals surface area contributed by atoms with Gasteiger partial charge in [-0.15, -0.1) is 0 Å². The summed E-state index contributed by atoms with van der Waals surface area (Å²) in [5.41, 5.74) is 0.522. The van der Waals surface area contributed by atoms with Gasteiger partial charge in [-0.25, -0.2) is 18.7 Å². The molecule has 0 amide bonds. The Kier molecular flexibility index (Phi) is 3.94. The number of aromatic nitrogens is 2. The van der Waals surface area contributed by atoms with E-state index in [0.29, 0.717) is 12.2 Å². The normalized spacial score (nSPS) is 12.4. The lowest BCUT2D eigenvalue weighted by molar-refractivity contribution is 0.505. The van der Waals surface area contributed by atoms with E-state index in [1.807, 2.05) is 6.92 Å². The molecule has 0 saturated carbocycles. The molecule has 2 rings (SSSR count). The number of halogens is 2. The molecule has 1 N–H and O–H groups in total. The Balaban J connectivity index is 2.48. The fraction of sp³-hybridized carbons (Fsp3) is 0.231. The predicted molar refractivity (Wildman–Crippen MR) is 63.9 cm³/mol. The molecule has 1 unspecified atom stereocenters. The van der Waals surface area contributed by atoms with Crippen molar-refractivity contribution in [2.45, 2.75) is 13.0 Å². The zero-order chi connectivity index (χ0) is 13.0. The molecule has 0 aliphatic rings. The van der Waals surface area contributed by atoms with Crippen LogP contribution in [0.1, 0.15) is 24.2 Å². The van der Waals surface area contributed by atoms with Gasteiger partial charge in [0.25, 0.3) is 0 Å². The maximum Gasteiger partial charge on any atom is 0.131 e. The van der Waals surface area contributed by atoms with E-state index in [-0.39, 0.29) is 5.56 Å². The third-order valence-corrected chi connectivity index (χ3v) is 2.60. The first-order chi connectivity index (χ1) is 8.74. The molecule has 0 fully saturated rings. The quantitative estimate of drug-likeness (QED) is 0.904. The minimum absolute atomic E-state index is 0.0157. The number of benzene rings is 1. The van der Waals surface area contributed by atoms with Crippen LogP contribution in [0.4, 0.5) is 8.78 Å². The lowest BCUT2D eigenvalue weighted by atomic mass is 10.0. The Morgan fingerprint density at radius 3 is 2.50 bits per heavy atom. The van der Waals surface area contributed by atoms with Crippen LogP contribution < -0.4 is 5.32 Å². The van der Waals surface area contributed by atoms with Crippen molar-refractivity contribution in [2.75, 3.05) is 6.54 Å². The van der Waals surface area contributed by atoms with Crippen LogP contribution in [0, 0.1) is 11.6 Å². The number of hydrogen-bond donors (Lipinski definition) is 1. The molecule has 0 bridgehead atoms. The Bertz CT molecular complexity index is 497. The van der Waals surface area contributed by atoms with E-state index in [1.54, 1.807) is 12.3 Å². The minimum Gasteiger partial charge on any atom is -0.305 e. The monoisotopic (exact) mass is 249 g/mol. The summed E-state index contributed by atoms with van der Waals surface area (Å²) in [5.74, 6) is -1.17. The van der Waals surface area contributed by atoms with Crippen LogP contribution in [0.3, 0.4) is 0 Å². The van der Waals surface area contributed by atoms with Crippen molar-refractivity contribution in [3.05, 3.63) is 59.7 Å². The standard InChI is InChI=1S/C13H13F2N3/c1-2-17-13(11-6-7-16-8-18-11)12-9(14)4-3-5-10(12)15/h3-8,13,17H,2H2,1H3. The van der Waals surface area contributed by atoms with E-state index >= 15 is 0 Å². The highest BCUT2D eigenvalue weighted by atomic mass is 19.1. The van der Waals surface area contributed by atoms with Crippen molar-refractivity contribution < 1.29 is 8.78 Å². The summed E-state index contributed by atoms with van der Waals surface area (Å²) in [4.78, 5) is 7.85. The second-order valence-corrected chi connectivity index (χ2v) is 3.76. The van der Waals surface area contributed by atoms with Gasteiger partial charge in [0, 0.05) is 11.8 Å². The lowest BCUT2D eigenvalue weighted by Crippen LogP contribution is -2.25. The molecular formula is C13H13F2N3. The summed E-state index contributed by atoms with van der Waals surface area (Å²) in [7, 11) is 0. The van der Waals surface area contributed by atoms with Crippen LogP contribution in [0.2, 0.25) is 0 Å². The zero-order valence-corrected chi connectivity index (χ0v) is 9.90. The van der Waals surface area contributed by atoms with Crippen molar-refractivity contribution in [2.24, 2.45) is 0 Å². The molecule has 2 aromatic rings. The first kappa shape index (κ1) is 12.6. The first-order valence-corrected chi connectivity index (χ1v) is 5.67. The molecule has 1 heterocycles. The van der Waals surface area contributed by atoms with Crippen molar-refractivity contribution in [1.29, 1.82) is 0 Å². The summed E-state index contributed by atoms with van der Waals surface area (Å²) in [6, 6.07) is 4.85. The Morgan fingerprint density at radius 1 is 1.22 bits per heavy atom. The summed E-state index contributed by atoms with van der Waals surface area (Å²) in [5, 5.41) is 3.03. The number of nitrogens with one attached hydrogen (secondary N) is 1. The van der Waals surface area contributed by atoms with Crippen LogP contribution in [-0.2, 0) is 0 Å². The fourth-order valence-corrected chi connectivity index (χ4v) is 1.82. The SMILES string of the molecule is CCNC(c1ccncn1)c1c(F)cccc1F. The molecule has 0 spiro atoms. The van der Waals surface area contributed by atoms with Crippen LogP contribution in [0.25, 0.3) is 0 Å². The van der Waals surface area contributed by atoms with Crippen LogP contribution in [0.15, 0.2) is 36.8 Å². The Labute approximate surface area is 104 Å². The smallest absolute Gasteiger partial charge is 0.131 e. The number of hydrogen-bond acceptors (Lipinski definition) is 3. The van der Waals surface area contributed by atoms with E-state index in [4.69, 9.17) is 0 Å². The van der Waals surface area contributed by atoms with Gasteiger partial charge in [-0.05, 0) is 24.7 Å². The molecule has 5 heteroatoms. The van der Waals surface area contributed by atoms with E-state index in [0.717, 1.165) is 0 Å². The average Bonchev–Trinajstić information content (AvgIpc) is 2.38. The lowest BCUT2D eigenvalue weighted by Gasteiger charge is -2.18. The molecule has 94 valence electrons. The van der Waals surface area contributed by atoms with E-state index in [1.165, 1.54) is 24.5 Å². The van der Waals surface area contributed by atoms with Crippen LogP contribution >= 0.6 is 0 Å². The molecule has 1 aromatic carbocycles. The van der Waals surface area contributed by atoms with Crippen molar-refractivity contribution in [3.8, 4) is 0 Å². The molecular weight excluding hydrogens is 236 g/mol. The van der Waals surface area contributed by atoms with Gasteiger partial charge in [0.2, 0.25) is 0 Å². The van der Waals surface area contributed by atoms with Crippen LogP contribution in [-0.4, -0.2) is 16.5 Å². The number of rotatable bonds is 4. The van der Waals surface area contributed by atoms with E-state index in [9.17, 15) is 8.78 Å². The van der Waals surface area contributed by atoms with Gasteiger partial charge >= 0.3 is 0 Å². The average molecular weight is 249 g/mol. The van der Waals surface area contributed by atoms with Crippen molar-refractivity contribution in [3.63, 3.8) is 0 Å². The zero-order valence-electron chi connectivity index (χ0n) is 9.90. The van der Waals surface area contributed by atoms with Gasteiger partial charge in [-0.2, -0.15) is 0 Å². The maximum atomic E-state index is 13.8. The van der Waals surface area contributed by atoms with Crippen molar-refractivity contribution >= 4 is 0 Å². The Morgan fingerprint density at radius 2 is 1.94 bits per heavy atom. The molecule has 18 heavy (non-hydrogen) atoms. The Hall–Kier alpha value is -1.88. The van der Waals surface area contributed by atoms with Crippen molar-refractivity contribution in [1.82, 2.24) is 15.3 Å². The molecule has 1 atom stereocenters. The molecule has 0 saturated heterocycles. The topological polar surface area (TPSA) is 37.8 Å². The third-order valence-electron chi connectivity index (χ3n) is 2.60. The molecule has 0 aliphatic carbocycles. The second-order valence-electron chi connectivity index (χ2n) is 3.76. The highest BCUT2D eigenvalue weighted by Gasteiger charge is 2.21. The van der Waals surface area contributed by atoms with Gasteiger partial charge in [-0.3, -0.25) is 0 Å². The summed E-state index contributed by atoms with van der Waals surface area (Å²) < 4.78 is 27.6. The summed E-state index contributed by atoms with van der Waals surface area (Å²) in [6.07, 6.45) is 2.91. The van der Waals surface area contributed by atoms with Gasteiger partial charge in [-0.1, -0.05) is 13.0 Å². The minimum atomic E-state index is -0.612. The molecule has 0 radical (unpaired) electrons. The van der Waals surface area contributed by atoms with E-state index in [2.05, 4.69) is 15.3 Å². The van der Waals surface area contributed by atoms with Gasteiger partial charge < -0.3 is 5.32 Å².